The lowest BCUT2D eigenvalue weighted by Crippen LogP contribution is -2.36. The summed E-state index contributed by atoms with van der Waals surface area (Å²) in [5.41, 5.74) is 4.96. The van der Waals surface area contributed by atoms with Gasteiger partial charge in [-0.2, -0.15) is 5.10 Å². The molecule has 0 saturated carbocycles. The van der Waals surface area contributed by atoms with Gasteiger partial charge >= 0.3 is 0 Å². The Bertz CT molecular complexity index is 795. The molecule has 0 bridgehead atoms. The molecular formula is C22H30N4O. The van der Waals surface area contributed by atoms with Crippen molar-refractivity contribution >= 4 is 11.6 Å². The van der Waals surface area contributed by atoms with Crippen molar-refractivity contribution in [3.05, 3.63) is 46.8 Å². The molecule has 4 rings (SSSR count). The van der Waals surface area contributed by atoms with E-state index >= 15 is 0 Å². The van der Waals surface area contributed by atoms with E-state index in [9.17, 15) is 4.79 Å². The number of aromatic nitrogens is 2. The molecule has 5 nitrogen and oxygen atoms in total. The van der Waals surface area contributed by atoms with Crippen molar-refractivity contribution in [2.24, 2.45) is 11.8 Å². The van der Waals surface area contributed by atoms with Crippen molar-refractivity contribution in [3.8, 4) is 0 Å². The third kappa shape index (κ3) is 4.08. The zero-order valence-electron chi connectivity index (χ0n) is 16.4. The molecule has 1 aromatic heterocycles. The van der Waals surface area contributed by atoms with Crippen LogP contribution in [0.2, 0.25) is 0 Å². The van der Waals surface area contributed by atoms with Crippen LogP contribution in [0.3, 0.4) is 0 Å². The number of fused-ring (bicyclic) bond motifs is 1. The number of aromatic amines is 1. The topological polar surface area (TPSA) is 61.0 Å². The number of aryl methyl sites for hydroxylation is 2. The van der Waals surface area contributed by atoms with Crippen molar-refractivity contribution in [1.29, 1.82) is 0 Å². The first kappa shape index (κ1) is 18.2. The van der Waals surface area contributed by atoms with E-state index in [4.69, 9.17) is 0 Å². The fourth-order valence-corrected chi connectivity index (χ4v) is 4.64. The number of piperidine rings is 1. The highest BCUT2D eigenvalue weighted by Crippen LogP contribution is 2.27. The summed E-state index contributed by atoms with van der Waals surface area (Å²) < 4.78 is 0. The van der Waals surface area contributed by atoms with E-state index in [2.05, 4.69) is 46.5 Å². The van der Waals surface area contributed by atoms with E-state index in [0.29, 0.717) is 5.69 Å². The molecule has 5 heteroatoms. The summed E-state index contributed by atoms with van der Waals surface area (Å²) in [7, 11) is 2.22. The molecule has 0 radical (unpaired) electrons. The molecule has 2 N–H and O–H groups in total. The minimum atomic E-state index is -0.109. The van der Waals surface area contributed by atoms with Gasteiger partial charge in [0.05, 0.1) is 0 Å². The average Bonchev–Trinajstić information content (AvgIpc) is 3.25. The van der Waals surface area contributed by atoms with E-state index in [1.807, 2.05) is 12.1 Å². The van der Waals surface area contributed by atoms with Gasteiger partial charge in [0.1, 0.15) is 0 Å². The van der Waals surface area contributed by atoms with Gasteiger partial charge in [-0.3, -0.25) is 9.89 Å². The van der Waals surface area contributed by atoms with Gasteiger partial charge in [0.2, 0.25) is 0 Å². The molecule has 1 saturated heterocycles. The van der Waals surface area contributed by atoms with E-state index in [-0.39, 0.29) is 5.91 Å². The molecule has 27 heavy (non-hydrogen) atoms. The van der Waals surface area contributed by atoms with Crippen LogP contribution in [0.1, 0.15) is 53.5 Å². The lowest BCUT2D eigenvalue weighted by atomic mass is 9.83. The fraction of sp³-hybridized carbons (Fsp3) is 0.545. The average molecular weight is 367 g/mol. The zero-order valence-corrected chi connectivity index (χ0v) is 16.4. The summed E-state index contributed by atoms with van der Waals surface area (Å²) in [5.74, 6) is 1.49. The third-order valence-corrected chi connectivity index (χ3v) is 6.32. The van der Waals surface area contributed by atoms with Gasteiger partial charge in [0, 0.05) is 23.5 Å². The quantitative estimate of drug-likeness (QED) is 0.849. The molecule has 1 aliphatic carbocycles. The number of carbonyl (C=O) groups is 1. The zero-order chi connectivity index (χ0) is 18.8. The molecule has 144 valence electrons. The molecule has 1 aromatic carbocycles. The van der Waals surface area contributed by atoms with Crippen molar-refractivity contribution in [2.45, 2.75) is 45.4 Å². The summed E-state index contributed by atoms with van der Waals surface area (Å²) in [4.78, 5) is 15.0. The maximum atomic E-state index is 12.5. The van der Waals surface area contributed by atoms with E-state index in [0.717, 1.165) is 54.5 Å². The standard InChI is InChI=1S/C22H30N4O/c1-15-14-26(2)13-12-17(15)9-6-16-7-10-18(11-8-16)23-22(27)21-19-4-3-5-20(19)24-25-21/h7-8,10-11,15,17H,3-6,9,12-14H2,1-2H3,(H,23,27)(H,24,25)/t15-,17-/m1/s1. The van der Waals surface area contributed by atoms with Gasteiger partial charge in [-0.25, -0.2) is 0 Å². The Hall–Kier alpha value is -2.14. The predicted molar refractivity (Wildman–Crippen MR) is 108 cm³/mol. The lowest BCUT2D eigenvalue weighted by Gasteiger charge is -2.34. The molecular weight excluding hydrogens is 336 g/mol. The number of likely N-dealkylation sites (tertiary alicyclic amines) is 1. The van der Waals surface area contributed by atoms with Gasteiger partial charge in [-0.1, -0.05) is 19.1 Å². The van der Waals surface area contributed by atoms with Crippen molar-refractivity contribution in [2.75, 3.05) is 25.5 Å². The van der Waals surface area contributed by atoms with Crippen molar-refractivity contribution in [1.82, 2.24) is 15.1 Å². The Morgan fingerprint density at radius 3 is 2.89 bits per heavy atom. The first-order valence-corrected chi connectivity index (χ1v) is 10.2. The molecule has 2 atom stereocenters. The summed E-state index contributed by atoms with van der Waals surface area (Å²) in [5, 5.41) is 10.2. The second-order valence-corrected chi connectivity index (χ2v) is 8.36. The summed E-state index contributed by atoms with van der Waals surface area (Å²) >= 11 is 0. The normalized spacial score (nSPS) is 22.6. The number of nitrogens with zero attached hydrogens (tertiary/aromatic N) is 2. The molecule has 1 aliphatic heterocycles. The fourth-order valence-electron chi connectivity index (χ4n) is 4.64. The van der Waals surface area contributed by atoms with Crippen LogP contribution in [0, 0.1) is 11.8 Å². The predicted octanol–water partition coefficient (Wildman–Crippen LogP) is 3.67. The molecule has 0 unspecified atom stereocenters. The molecule has 1 amide bonds. The first-order chi connectivity index (χ1) is 13.1. The second-order valence-electron chi connectivity index (χ2n) is 8.36. The van der Waals surface area contributed by atoms with Crippen LogP contribution >= 0.6 is 0 Å². The highest BCUT2D eigenvalue weighted by atomic mass is 16.1. The Morgan fingerprint density at radius 1 is 1.30 bits per heavy atom. The number of H-pyrrole nitrogens is 1. The SMILES string of the molecule is C[C@@H]1CN(C)CC[C@H]1CCc1ccc(NC(=O)c2n[nH]c3c2CCC3)cc1. The number of carbonyl (C=O) groups excluding carboxylic acids is 1. The third-order valence-electron chi connectivity index (χ3n) is 6.32. The minimum Gasteiger partial charge on any atom is -0.321 e. The maximum absolute atomic E-state index is 12.5. The van der Waals surface area contributed by atoms with Crippen LogP contribution in [-0.2, 0) is 19.3 Å². The van der Waals surface area contributed by atoms with Crippen LogP contribution in [0.15, 0.2) is 24.3 Å². The highest BCUT2D eigenvalue weighted by molar-refractivity contribution is 6.04. The second kappa shape index (κ2) is 7.85. The van der Waals surface area contributed by atoms with Crippen molar-refractivity contribution < 1.29 is 4.79 Å². The van der Waals surface area contributed by atoms with Gasteiger partial charge in [0.25, 0.3) is 5.91 Å². The number of rotatable bonds is 5. The Labute approximate surface area is 161 Å². The number of amides is 1. The van der Waals surface area contributed by atoms with E-state index in [1.54, 1.807) is 0 Å². The molecule has 0 spiro atoms. The highest BCUT2D eigenvalue weighted by Gasteiger charge is 2.24. The number of hydrogen-bond donors (Lipinski definition) is 2. The number of anilines is 1. The van der Waals surface area contributed by atoms with Gasteiger partial charge < -0.3 is 10.2 Å². The maximum Gasteiger partial charge on any atom is 0.276 e. The first-order valence-electron chi connectivity index (χ1n) is 10.2. The van der Waals surface area contributed by atoms with Crippen molar-refractivity contribution in [3.63, 3.8) is 0 Å². The smallest absolute Gasteiger partial charge is 0.276 e. The van der Waals surface area contributed by atoms with Crippen LogP contribution in [0.25, 0.3) is 0 Å². The van der Waals surface area contributed by atoms with E-state index in [1.165, 1.54) is 31.5 Å². The monoisotopic (exact) mass is 366 g/mol. The number of benzene rings is 1. The van der Waals surface area contributed by atoms with Crippen LogP contribution < -0.4 is 5.32 Å². The Morgan fingerprint density at radius 2 is 2.11 bits per heavy atom. The van der Waals surface area contributed by atoms with Gasteiger partial charge in [0.15, 0.2) is 5.69 Å². The lowest BCUT2D eigenvalue weighted by molar-refractivity contribution is 0.102. The summed E-state index contributed by atoms with van der Waals surface area (Å²) in [6, 6.07) is 8.31. The molecule has 2 heterocycles. The molecule has 2 aliphatic rings. The van der Waals surface area contributed by atoms with Crippen LogP contribution in [0.5, 0.6) is 0 Å². The minimum absolute atomic E-state index is 0.109. The largest absolute Gasteiger partial charge is 0.321 e. The van der Waals surface area contributed by atoms with Crippen LogP contribution in [0.4, 0.5) is 5.69 Å². The van der Waals surface area contributed by atoms with E-state index < -0.39 is 0 Å². The summed E-state index contributed by atoms with van der Waals surface area (Å²) in [6.07, 6.45) is 6.72. The van der Waals surface area contributed by atoms with Gasteiger partial charge in [-0.05, 0) is 81.6 Å². The Kier molecular flexibility index (Phi) is 5.30. The van der Waals surface area contributed by atoms with Gasteiger partial charge in [-0.15, -0.1) is 0 Å². The molecule has 1 fully saturated rings. The number of nitrogens with one attached hydrogen (secondary N) is 2. The Balaban J connectivity index is 1.31. The van der Waals surface area contributed by atoms with Crippen LogP contribution in [-0.4, -0.2) is 41.1 Å². The summed E-state index contributed by atoms with van der Waals surface area (Å²) in [6.45, 7) is 4.81. The molecule has 2 aromatic rings. The number of hydrogen-bond acceptors (Lipinski definition) is 3.